The lowest BCUT2D eigenvalue weighted by molar-refractivity contribution is -0.111. The van der Waals surface area contributed by atoms with Crippen molar-refractivity contribution in [2.75, 3.05) is 17.3 Å². The minimum atomic E-state index is -0.260. The molecule has 2 heterocycles. The summed E-state index contributed by atoms with van der Waals surface area (Å²) >= 11 is 0. The van der Waals surface area contributed by atoms with Crippen LogP contribution in [0.2, 0.25) is 0 Å². The molecular formula is C17H20N6O. The molecule has 3 rings (SSSR count). The molecule has 0 aliphatic carbocycles. The molecule has 0 fully saturated rings. The van der Waals surface area contributed by atoms with Gasteiger partial charge in [0.05, 0.1) is 5.56 Å². The normalized spacial score (nSPS) is 13.0. The molecule has 1 aromatic heterocycles. The fraction of sp³-hybridized carbons (Fsp3) is 0.235. The van der Waals surface area contributed by atoms with E-state index in [9.17, 15) is 4.79 Å². The Bertz CT molecular complexity index is 834. The third kappa shape index (κ3) is 2.76. The number of hydrogen-bond acceptors (Lipinski definition) is 5. The van der Waals surface area contributed by atoms with Gasteiger partial charge in [-0.3, -0.25) is 4.79 Å². The van der Waals surface area contributed by atoms with Crippen LogP contribution in [0.1, 0.15) is 25.5 Å². The van der Waals surface area contributed by atoms with Crippen molar-refractivity contribution in [2.24, 2.45) is 10.7 Å². The molecule has 1 aliphatic rings. The number of fused-ring (bicyclic) bond motifs is 1. The first-order valence-electron chi connectivity index (χ1n) is 7.71. The van der Waals surface area contributed by atoms with Gasteiger partial charge in [0, 0.05) is 17.3 Å². The number of aromatic nitrogens is 2. The number of amides is 1. The van der Waals surface area contributed by atoms with Gasteiger partial charge < -0.3 is 16.4 Å². The Morgan fingerprint density at radius 3 is 3.00 bits per heavy atom. The number of nitrogens with one attached hydrogen (secondary N) is 2. The molecule has 0 radical (unpaired) electrons. The van der Waals surface area contributed by atoms with Gasteiger partial charge in [-0.2, -0.15) is 5.10 Å². The standard InChI is InChI=1S/C17H20N6O/c1-4-13(24)21-12-7-5-6-11(8-12)15-14-16(18)19-9-20-17(14)23(22-15)10(2)3/h4-8,10,20H,1,9H2,2-3H3,(H2,18,19)(H,21,24). The number of aliphatic imine (C=N–C) groups is 1. The maximum absolute atomic E-state index is 11.5. The highest BCUT2D eigenvalue weighted by Crippen LogP contribution is 2.33. The van der Waals surface area contributed by atoms with Crippen LogP contribution in [-0.4, -0.2) is 28.2 Å². The number of anilines is 2. The van der Waals surface area contributed by atoms with E-state index in [0.29, 0.717) is 18.2 Å². The van der Waals surface area contributed by atoms with Crippen LogP contribution in [0.15, 0.2) is 41.9 Å². The van der Waals surface area contributed by atoms with E-state index in [1.54, 1.807) is 0 Å². The van der Waals surface area contributed by atoms with E-state index in [1.807, 2.05) is 28.9 Å². The van der Waals surface area contributed by atoms with Crippen LogP contribution in [0.4, 0.5) is 11.5 Å². The lowest BCUT2D eigenvalue weighted by Gasteiger charge is -2.16. The van der Waals surface area contributed by atoms with E-state index in [-0.39, 0.29) is 11.9 Å². The second-order valence-corrected chi connectivity index (χ2v) is 5.76. The number of benzene rings is 1. The number of carbonyl (C=O) groups excluding carboxylic acids is 1. The molecule has 2 aromatic rings. The highest BCUT2D eigenvalue weighted by Gasteiger charge is 2.25. The van der Waals surface area contributed by atoms with Gasteiger partial charge in [-0.1, -0.05) is 18.7 Å². The molecule has 4 N–H and O–H groups in total. The smallest absolute Gasteiger partial charge is 0.247 e. The summed E-state index contributed by atoms with van der Waals surface area (Å²) in [6.45, 7) is 8.01. The maximum atomic E-state index is 11.5. The zero-order valence-electron chi connectivity index (χ0n) is 13.7. The van der Waals surface area contributed by atoms with Crippen LogP contribution in [0.5, 0.6) is 0 Å². The topological polar surface area (TPSA) is 97.3 Å². The van der Waals surface area contributed by atoms with Crippen LogP contribution in [0.3, 0.4) is 0 Å². The number of nitrogens with two attached hydrogens (primary N) is 1. The third-order valence-electron chi connectivity index (χ3n) is 3.74. The van der Waals surface area contributed by atoms with E-state index in [1.165, 1.54) is 6.08 Å². The van der Waals surface area contributed by atoms with Crippen molar-refractivity contribution in [3.8, 4) is 11.3 Å². The first-order chi connectivity index (χ1) is 11.5. The molecule has 1 aliphatic heterocycles. The largest absolute Gasteiger partial charge is 0.383 e. The Labute approximate surface area is 140 Å². The first kappa shape index (κ1) is 15.8. The van der Waals surface area contributed by atoms with Gasteiger partial charge in [-0.15, -0.1) is 0 Å². The summed E-state index contributed by atoms with van der Waals surface area (Å²) in [6.07, 6.45) is 1.23. The van der Waals surface area contributed by atoms with Crippen LogP contribution in [0.25, 0.3) is 11.3 Å². The summed E-state index contributed by atoms with van der Waals surface area (Å²) in [7, 11) is 0. The lowest BCUT2D eigenvalue weighted by atomic mass is 10.1. The third-order valence-corrected chi connectivity index (χ3v) is 3.74. The molecular weight excluding hydrogens is 304 g/mol. The van der Waals surface area contributed by atoms with E-state index in [2.05, 4.69) is 36.1 Å². The second kappa shape index (κ2) is 6.19. The highest BCUT2D eigenvalue weighted by atomic mass is 16.1. The van der Waals surface area contributed by atoms with Crippen molar-refractivity contribution in [2.45, 2.75) is 19.9 Å². The highest BCUT2D eigenvalue weighted by molar-refractivity contribution is 6.08. The SMILES string of the molecule is C=CC(=O)Nc1cccc(-c2nn(C(C)C)c3c2C(N)=NCN3)c1. The molecule has 124 valence electrons. The van der Waals surface area contributed by atoms with Crippen LogP contribution in [0, 0.1) is 0 Å². The average molecular weight is 324 g/mol. The van der Waals surface area contributed by atoms with Crippen molar-refractivity contribution < 1.29 is 4.79 Å². The monoisotopic (exact) mass is 324 g/mol. The molecule has 1 aromatic carbocycles. The molecule has 0 saturated heterocycles. The zero-order chi connectivity index (χ0) is 17.3. The molecule has 24 heavy (non-hydrogen) atoms. The summed E-state index contributed by atoms with van der Waals surface area (Å²) < 4.78 is 1.90. The van der Waals surface area contributed by atoms with Gasteiger partial charge in [-0.05, 0) is 32.1 Å². The number of amidine groups is 1. The Kier molecular flexibility index (Phi) is 4.07. The van der Waals surface area contributed by atoms with E-state index < -0.39 is 0 Å². The Hall–Kier alpha value is -3.09. The summed E-state index contributed by atoms with van der Waals surface area (Å²) in [5.74, 6) is 1.07. The second-order valence-electron chi connectivity index (χ2n) is 5.76. The number of hydrogen-bond donors (Lipinski definition) is 3. The van der Waals surface area contributed by atoms with Crippen molar-refractivity contribution >= 4 is 23.2 Å². The fourth-order valence-electron chi connectivity index (χ4n) is 2.64. The molecule has 0 bridgehead atoms. The van der Waals surface area contributed by atoms with Crippen LogP contribution < -0.4 is 16.4 Å². The van der Waals surface area contributed by atoms with Gasteiger partial charge >= 0.3 is 0 Å². The van der Waals surface area contributed by atoms with Crippen molar-refractivity contribution in [1.29, 1.82) is 0 Å². The summed E-state index contributed by atoms with van der Waals surface area (Å²) in [5, 5.41) is 10.7. The van der Waals surface area contributed by atoms with Crippen molar-refractivity contribution in [1.82, 2.24) is 9.78 Å². The predicted molar refractivity (Wildman–Crippen MR) is 96.1 cm³/mol. The predicted octanol–water partition coefficient (Wildman–Crippen LogP) is 2.34. The summed E-state index contributed by atoms with van der Waals surface area (Å²) in [6, 6.07) is 7.63. The lowest BCUT2D eigenvalue weighted by Crippen LogP contribution is -2.23. The molecule has 7 heteroatoms. The van der Waals surface area contributed by atoms with Gasteiger partial charge in [-0.25, -0.2) is 9.67 Å². The molecule has 0 atom stereocenters. The van der Waals surface area contributed by atoms with E-state index in [0.717, 1.165) is 22.6 Å². The van der Waals surface area contributed by atoms with Gasteiger partial charge in [0.25, 0.3) is 0 Å². The maximum Gasteiger partial charge on any atom is 0.247 e. The number of nitrogens with zero attached hydrogens (tertiary/aromatic N) is 3. The van der Waals surface area contributed by atoms with Crippen molar-refractivity contribution in [3.63, 3.8) is 0 Å². The zero-order valence-corrected chi connectivity index (χ0v) is 13.7. The Morgan fingerprint density at radius 1 is 1.50 bits per heavy atom. The molecule has 1 amide bonds. The fourth-order valence-corrected chi connectivity index (χ4v) is 2.64. The minimum Gasteiger partial charge on any atom is -0.383 e. The quantitative estimate of drug-likeness (QED) is 0.752. The molecule has 0 unspecified atom stereocenters. The average Bonchev–Trinajstić information content (AvgIpc) is 2.96. The summed E-state index contributed by atoms with van der Waals surface area (Å²) in [5.41, 5.74) is 9.17. The summed E-state index contributed by atoms with van der Waals surface area (Å²) in [4.78, 5) is 15.8. The van der Waals surface area contributed by atoms with Gasteiger partial charge in [0.1, 0.15) is 24.0 Å². The minimum absolute atomic E-state index is 0.176. The Balaban J connectivity index is 2.10. The van der Waals surface area contributed by atoms with Crippen LogP contribution >= 0.6 is 0 Å². The number of carbonyl (C=O) groups is 1. The number of rotatable bonds is 4. The Morgan fingerprint density at radius 2 is 2.29 bits per heavy atom. The van der Waals surface area contributed by atoms with Crippen LogP contribution in [-0.2, 0) is 4.79 Å². The van der Waals surface area contributed by atoms with Crippen molar-refractivity contribution in [3.05, 3.63) is 42.5 Å². The molecule has 7 nitrogen and oxygen atoms in total. The van der Waals surface area contributed by atoms with Gasteiger partial charge in [0.2, 0.25) is 5.91 Å². The first-order valence-corrected chi connectivity index (χ1v) is 7.71. The molecule has 0 spiro atoms. The van der Waals surface area contributed by atoms with Gasteiger partial charge in [0.15, 0.2) is 0 Å². The van der Waals surface area contributed by atoms with E-state index in [4.69, 9.17) is 10.8 Å². The molecule has 0 saturated carbocycles. The van der Waals surface area contributed by atoms with E-state index >= 15 is 0 Å².